The Bertz CT molecular complexity index is 927. The van der Waals surface area contributed by atoms with Crippen molar-refractivity contribution in [1.82, 2.24) is 0 Å². The average molecular weight is 354 g/mol. The van der Waals surface area contributed by atoms with Crippen molar-refractivity contribution in [1.29, 1.82) is 0 Å². The molecule has 0 fully saturated rings. The molecule has 2 aromatic carbocycles. The van der Waals surface area contributed by atoms with E-state index in [1.165, 1.54) is 0 Å². The van der Waals surface area contributed by atoms with Gasteiger partial charge in [-0.3, -0.25) is 4.79 Å². The van der Waals surface area contributed by atoms with Crippen LogP contribution in [-0.2, 0) is 6.42 Å². The summed E-state index contributed by atoms with van der Waals surface area (Å²) in [5, 5.41) is 3.65. The van der Waals surface area contributed by atoms with Crippen molar-refractivity contribution in [3.05, 3.63) is 76.0 Å². The van der Waals surface area contributed by atoms with E-state index in [2.05, 4.69) is 12.2 Å². The number of rotatable bonds is 4. The highest BCUT2D eigenvalue weighted by atomic mass is 35.5. The molecule has 3 nitrogen and oxygen atoms in total. The number of nitrogens with one attached hydrogen (secondary N) is 1. The highest BCUT2D eigenvalue weighted by molar-refractivity contribution is 6.31. The molecule has 128 valence electrons. The fourth-order valence-electron chi connectivity index (χ4n) is 2.74. The van der Waals surface area contributed by atoms with E-state index in [1.54, 1.807) is 12.1 Å². The van der Waals surface area contributed by atoms with Crippen molar-refractivity contribution in [2.45, 2.75) is 27.2 Å². The van der Waals surface area contributed by atoms with Gasteiger partial charge in [0, 0.05) is 16.3 Å². The zero-order valence-corrected chi connectivity index (χ0v) is 15.3. The molecule has 1 N–H and O–H groups in total. The molecule has 1 aromatic heterocycles. The van der Waals surface area contributed by atoms with Gasteiger partial charge in [0.25, 0.3) is 5.91 Å². The molecule has 1 amide bonds. The third-order valence-electron chi connectivity index (χ3n) is 4.26. The molecular formula is C21H20ClNO2. The van der Waals surface area contributed by atoms with Gasteiger partial charge in [0.2, 0.25) is 0 Å². The minimum atomic E-state index is -0.256. The summed E-state index contributed by atoms with van der Waals surface area (Å²) in [5.41, 5.74) is 4.84. The largest absolute Gasteiger partial charge is 0.451 e. The number of halogens is 1. The third kappa shape index (κ3) is 3.62. The van der Waals surface area contributed by atoms with Crippen LogP contribution in [0.3, 0.4) is 0 Å². The Morgan fingerprint density at radius 3 is 2.60 bits per heavy atom. The second kappa shape index (κ2) is 7.16. The molecule has 3 aromatic rings. The number of para-hydroxylation sites is 1. The smallest absolute Gasteiger partial charge is 0.291 e. The molecule has 25 heavy (non-hydrogen) atoms. The van der Waals surface area contributed by atoms with E-state index in [0.29, 0.717) is 10.8 Å². The Balaban J connectivity index is 1.85. The lowest BCUT2D eigenvalue weighted by molar-refractivity contribution is 0.0997. The zero-order chi connectivity index (χ0) is 18.0. The summed E-state index contributed by atoms with van der Waals surface area (Å²) in [6, 6.07) is 15.2. The molecule has 3 rings (SSSR count). The topological polar surface area (TPSA) is 42.2 Å². The summed E-state index contributed by atoms with van der Waals surface area (Å²) in [7, 11) is 0. The van der Waals surface area contributed by atoms with Crippen LogP contribution in [0.5, 0.6) is 0 Å². The van der Waals surface area contributed by atoms with Gasteiger partial charge < -0.3 is 9.73 Å². The van der Waals surface area contributed by atoms with Crippen LogP contribution in [0.25, 0.3) is 11.3 Å². The number of aryl methyl sites for hydroxylation is 3. The second-order valence-electron chi connectivity index (χ2n) is 6.04. The van der Waals surface area contributed by atoms with Gasteiger partial charge in [0.15, 0.2) is 5.76 Å². The van der Waals surface area contributed by atoms with E-state index in [1.807, 2.05) is 50.2 Å². The predicted molar refractivity (Wildman–Crippen MR) is 102 cm³/mol. The molecule has 0 aliphatic rings. The Hall–Kier alpha value is -2.52. The van der Waals surface area contributed by atoms with E-state index in [-0.39, 0.29) is 11.7 Å². The van der Waals surface area contributed by atoms with E-state index in [4.69, 9.17) is 16.0 Å². The number of benzene rings is 2. The first kappa shape index (κ1) is 17.3. The normalized spacial score (nSPS) is 10.7. The molecule has 0 aliphatic carbocycles. The number of hydrogen-bond acceptors (Lipinski definition) is 2. The third-order valence-corrected chi connectivity index (χ3v) is 4.67. The standard InChI is InChI=1S/C21H20ClNO2/c1-4-15-7-5-6-14(3)20(15)23-21(24)19-11-10-18(25-19)16-9-8-13(2)17(22)12-16/h5-12H,4H2,1-3H3,(H,23,24). The van der Waals surface area contributed by atoms with Crippen LogP contribution in [0.4, 0.5) is 5.69 Å². The zero-order valence-electron chi connectivity index (χ0n) is 14.5. The fourth-order valence-corrected chi connectivity index (χ4v) is 2.92. The van der Waals surface area contributed by atoms with Gasteiger partial charge in [-0.05, 0) is 55.2 Å². The van der Waals surface area contributed by atoms with Crippen molar-refractivity contribution in [3.63, 3.8) is 0 Å². The van der Waals surface area contributed by atoms with E-state index in [9.17, 15) is 4.79 Å². The lowest BCUT2D eigenvalue weighted by Crippen LogP contribution is -2.13. The van der Waals surface area contributed by atoms with Gasteiger partial charge in [-0.15, -0.1) is 0 Å². The van der Waals surface area contributed by atoms with Crippen LogP contribution in [0.1, 0.15) is 34.2 Å². The van der Waals surface area contributed by atoms with Crippen molar-refractivity contribution >= 4 is 23.2 Å². The van der Waals surface area contributed by atoms with Gasteiger partial charge in [-0.25, -0.2) is 0 Å². The first-order chi connectivity index (χ1) is 12.0. The number of carbonyl (C=O) groups excluding carboxylic acids is 1. The van der Waals surface area contributed by atoms with Crippen LogP contribution in [-0.4, -0.2) is 5.91 Å². The predicted octanol–water partition coefficient (Wildman–Crippen LogP) is 6.03. The summed E-state index contributed by atoms with van der Waals surface area (Å²) in [4.78, 5) is 12.6. The van der Waals surface area contributed by atoms with Crippen molar-refractivity contribution < 1.29 is 9.21 Å². The maximum atomic E-state index is 12.6. The molecule has 0 atom stereocenters. The average Bonchev–Trinajstić information content (AvgIpc) is 3.09. The van der Waals surface area contributed by atoms with Crippen LogP contribution < -0.4 is 5.32 Å². The van der Waals surface area contributed by atoms with Crippen molar-refractivity contribution in [3.8, 4) is 11.3 Å². The minimum absolute atomic E-state index is 0.256. The highest BCUT2D eigenvalue weighted by Crippen LogP contribution is 2.28. The Labute approximate surface area is 152 Å². The number of anilines is 1. The molecule has 0 radical (unpaired) electrons. The van der Waals surface area contributed by atoms with Crippen LogP contribution >= 0.6 is 11.6 Å². The van der Waals surface area contributed by atoms with E-state index in [0.717, 1.165) is 34.4 Å². The fraction of sp³-hybridized carbons (Fsp3) is 0.190. The lowest BCUT2D eigenvalue weighted by Gasteiger charge is -2.12. The minimum Gasteiger partial charge on any atom is -0.451 e. The van der Waals surface area contributed by atoms with Gasteiger partial charge in [0.05, 0.1) is 0 Å². The van der Waals surface area contributed by atoms with Gasteiger partial charge in [0.1, 0.15) is 5.76 Å². The van der Waals surface area contributed by atoms with Gasteiger partial charge >= 0.3 is 0 Å². The number of amides is 1. The monoisotopic (exact) mass is 353 g/mol. The summed E-state index contributed by atoms with van der Waals surface area (Å²) in [6.45, 7) is 5.99. The molecule has 0 aliphatic heterocycles. The van der Waals surface area contributed by atoms with Crippen molar-refractivity contribution in [2.75, 3.05) is 5.32 Å². The SMILES string of the molecule is CCc1cccc(C)c1NC(=O)c1ccc(-c2ccc(C)c(Cl)c2)o1. The molecule has 0 unspecified atom stereocenters. The summed E-state index contributed by atoms with van der Waals surface area (Å²) in [5.74, 6) is 0.637. The van der Waals surface area contributed by atoms with Gasteiger partial charge in [-0.2, -0.15) is 0 Å². The van der Waals surface area contributed by atoms with Crippen LogP contribution in [0.15, 0.2) is 52.9 Å². The molecule has 4 heteroatoms. The lowest BCUT2D eigenvalue weighted by atomic mass is 10.1. The summed E-state index contributed by atoms with van der Waals surface area (Å²) < 4.78 is 5.74. The van der Waals surface area contributed by atoms with Crippen molar-refractivity contribution in [2.24, 2.45) is 0 Å². The molecule has 0 bridgehead atoms. The molecule has 1 heterocycles. The number of hydrogen-bond donors (Lipinski definition) is 1. The summed E-state index contributed by atoms with van der Waals surface area (Å²) >= 11 is 6.17. The Morgan fingerprint density at radius 2 is 1.88 bits per heavy atom. The van der Waals surface area contributed by atoms with E-state index >= 15 is 0 Å². The summed E-state index contributed by atoms with van der Waals surface area (Å²) in [6.07, 6.45) is 0.850. The molecular weight excluding hydrogens is 334 g/mol. The number of furan rings is 1. The molecule has 0 spiro atoms. The van der Waals surface area contributed by atoms with Crippen LogP contribution in [0.2, 0.25) is 5.02 Å². The quantitative estimate of drug-likeness (QED) is 0.622. The van der Waals surface area contributed by atoms with Crippen LogP contribution in [0, 0.1) is 13.8 Å². The highest BCUT2D eigenvalue weighted by Gasteiger charge is 2.15. The molecule has 0 saturated carbocycles. The maximum absolute atomic E-state index is 12.6. The molecule has 0 saturated heterocycles. The first-order valence-electron chi connectivity index (χ1n) is 8.25. The number of carbonyl (C=O) groups is 1. The maximum Gasteiger partial charge on any atom is 0.291 e. The Kier molecular flexibility index (Phi) is 4.95. The Morgan fingerprint density at radius 1 is 1.08 bits per heavy atom. The first-order valence-corrected chi connectivity index (χ1v) is 8.63. The second-order valence-corrected chi connectivity index (χ2v) is 6.45. The van der Waals surface area contributed by atoms with Gasteiger partial charge in [-0.1, -0.05) is 48.9 Å². The van der Waals surface area contributed by atoms with E-state index < -0.39 is 0 Å².